The second kappa shape index (κ2) is 3.28. The average Bonchev–Trinajstić information content (AvgIpc) is 2.28. The van der Waals surface area contributed by atoms with Crippen molar-refractivity contribution >= 4 is 17.8 Å². The van der Waals surface area contributed by atoms with Crippen LogP contribution in [0.25, 0.3) is 0 Å². The topological polar surface area (TPSA) is 72.5 Å². The Hall–Kier alpha value is -1.60. The number of ether oxygens (including phenoxy) is 1. The average molecular weight is 211 g/mol. The van der Waals surface area contributed by atoms with Gasteiger partial charge in [0, 0.05) is 0 Å². The summed E-state index contributed by atoms with van der Waals surface area (Å²) >= 11 is 0. The molecule has 1 aliphatic heterocycles. The third kappa shape index (κ3) is 2.21. The van der Waals surface area contributed by atoms with Gasteiger partial charge in [0.1, 0.15) is 6.04 Å². The van der Waals surface area contributed by atoms with Crippen LogP contribution in [-0.4, -0.2) is 30.1 Å². The molecule has 0 aliphatic carbocycles. The van der Waals surface area contributed by atoms with Gasteiger partial charge in [-0.1, -0.05) is 0 Å². The quantitative estimate of drug-likeness (QED) is 0.469. The van der Waals surface area contributed by atoms with E-state index in [1.54, 1.807) is 0 Å². The van der Waals surface area contributed by atoms with Crippen molar-refractivity contribution in [1.29, 1.82) is 0 Å². The van der Waals surface area contributed by atoms with Gasteiger partial charge in [0.15, 0.2) is 0 Å². The van der Waals surface area contributed by atoms with Crippen LogP contribution < -0.4 is 5.32 Å². The van der Waals surface area contributed by atoms with E-state index in [2.05, 4.69) is 4.74 Å². The fourth-order valence-corrected chi connectivity index (χ4v) is 0.825. The monoisotopic (exact) mass is 211 g/mol. The molecule has 0 aromatic heterocycles. The van der Waals surface area contributed by atoms with Crippen LogP contribution >= 0.6 is 0 Å². The maximum Gasteiger partial charge on any atom is 0.471 e. The standard InChI is InChI=1S/C6H4F3NO4/c7-6(8,9)5(13)10-2-1-3(11)14-4(2)12/h2H,1H2,(H,10,13)/t2-/m0/s1. The highest BCUT2D eigenvalue weighted by atomic mass is 19.4. The maximum absolute atomic E-state index is 11.7. The Morgan fingerprint density at radius 2 is 2.00 bits per heavy atom. The first kappa shape index (κ1) is 10.5. The first-order valence-electron chi connectivity index (χ1n) is 3.43. The van der Waals surface area contributed by atoms with Crippen molar-refractivity contribution < 1.29 is 32.3 Å². The number of hydrogen-bond acceptors (Lipinski definition) is 4. The van der Waals surface area contributed by atoms with Gasteiger partial charge in [-0.3, -0.25) is 9.59 Å². The molecular formula is C6H4F3NO4. The molecule has 0 bridgehead atoms. The van der Waals surface area contributed by atoms with Crippen molar-refractivity contribution in [3.63, 3.8) is 0 Å². The van der Waals surface area contributed by atoms with Crippen LogP contribution in [0, 0.1) is 0 Å². The molecule has 0 radical (unpaired) electrons. The molecule has 1 atom stereocenters. The Morgan fingerprint density at radius 3 is 2.36 bits per heavy atom. The molecule has 0 spiro atoms. The molecule has 1 amide bonds. The van der Waals surface area contributed by atoms with E-state index in [-0.39, 0.29) is 0 Å². The van der Waals surface area contributed by atoms with Crippen LogP contribution in [0.4, 0.5) is 13.2 Å². The van der Waals surface area contributed by atoms with Gasteiger partial charge in [-0.25, -0.2) is 4.79 Å². The molecule has 5 nitrogen and oxygen atoms in total. The third-order valence-corrected chi connectivity index (χ3v) is 1.43. The minimum absolute atomic E-state index is 0.569. The number of carbonyl (C=O) groups excluding carboxylic acids is 3. The molecule has 0 aromatic rings. The summed E-state index contributed by atoms with van der Waals surface area (Å²) in [5.41, 5.74) is 0. The molecule has 0 saturated carbocycles. The Morgan fingerprint density at radius 1 is 1.43 bits per heavy atom. The van der Waals surface area contributed by atoms with Gasteiger partial charge in [0.2, 0.25) is 0 Å². The summed E-state index contributed by atoms with van der Waals surface area (Å²) in [6.45, 7) is 0. The highest BCUT2D eigenvalue weighted by Gasteiger charge is 2.43. The molecular weight excluding hydrogens is 207 g/mol. The summed E-state index contributed by atoms with van der Waals surface area (Å²) in [4.78, 5) is 31.4. The number of cyclic esters (lactones) is 2. The van der Waals surface area contributed by atoms with Gasteiger partial charge in [-0.2, -0.15) is 13.2 Å². The number of carbonyl (C=O) groups is 3. The summed E-state index contributed by atoms with van der Waals surface area (Å²) in [5, 5.41) is 1.34. The molecule has 8 heteroatoms. The van der Waals surface area contributed by atoms with E-state index < -0.39 is 36.5 Å². The van der Waals surface area contributed by atoms with Gasteiger partial charge in [0.05, 0.1) is 6.42 Å². The van der Waals surface area contributed by atoms with Gasteiger partial charge >= 0.3 is 24.0 Å². The smallest absolute Gasteiger partial charge is 0.392 e. The Balaban J connectivity index is 2.58. The first-order valence-corrected chi connectivity index (χ1v) is 3.43. The second-order valence-electron chi connectivity index (χ2n) is 2.52. The largest absolute Gasteiger partial charge is 0.471 e. The van der Waals surface area contributed by atoms with Crippen LogP contribution in [0.15, 0.2) is 0 Å². The van der Waals surface area contributed by atoms with E-state index in [0.717, 1.165) is 0 Å². The van der Waals surface area contributed by atoms with Crippen LogP contribution in [0.5, 0.6) is 0 Å². The van der Waals surface area contributed by atoms with E-state index in [1.165, 1.54) is 5.32 Å². The van der Waals surface area contributed by atoms with E-state index >= 15 is 0 Å². The van der Waals surface area contributed by atoms with Crippen LogP contribution in [0.1, 0.15) is 6.42 Å². The Labute approximate surface area is 75.2 Å². The predicted molar refractivity (Wildman–Crippen MR) is 33.7 cm³/mol. The van der Waals surface area contributed by atoms with Crippen molar-refractivity contribution in [2.45, 2.75) is 18.6 Å². The highest BCUT2D eigenvalue weighted by molar-refractivity contribution is 5.99. The van der Waals surface area contributed by atoms with Gasteiger partial charge < -0.3 is 10.1 Å². The number of nitrogens with one attached hydrogen (secondary N) is 1. The Kier molecular flexibility index (Phi) is 2.45. The third-order valence-electron chi connectivity index (χ3n) is 1.43. The number of alkyl halides is 3. The lowest BCUT2D eigenvalue weighted by molar-refractivity contribution is -0.175. The summed E-state index contributed by atoms with van der Waals surface area (Å²) in [6, 6.07) is -1.53. The lowest BCUT2D eigenvalue weighted by Gasteiger charge is -2.09. The van der Waals surface area contributed by atoms with Crippen molar-refractivity contribution in [3.05, 3.63) is 0 Å². The van der Waals surface area contributed by atoms with E-state index in [9.17, 15) is 27.6 Å². The molecule has 0 unspecified atom stereocenters. The van der Waals surface area contributed by atoms with E-state index in [4.69, 9.17) is 0 Å². The number of halogens is 3. The van der Waals surface area contributed by atoms with Gasteiger partial charge in [0.25, 0.3) is 0 Å². The SMILES string of the molecule is O=C1C[C@H](NC(=O)C(F)(F)F)C(=O)O1. The zero-order chi connectivity index (χ0) is 10.9. The van der Waals surface area contributed by atoms with Gasteiger partial charge in [-0.05, 0) is 0 Å². The van der Waals surface area contributed by atoms with Crippen molar-refractivity contribution in [1.82, 2.24) is 5.32 Å². The van der Waals surface area contributed by atoms with Crippen LogP contribution in [-0.2, 0) is 19.1 Å². The lowest BCUT2D eigenvalue weighted by Crippen LogP contribution is -2.45. The minimum atomic E-state index is -5.08. The molecule has 1 N–H and O–H groups in total. The predicted octanol–water partition coefficient (Wildman–Crippen LogP) is -0.493. The number of esters is 2. The summed E-state index contributed by atoms with van der Waals surface area (Å²) in [5.74, 6) is -4.40. The normalized spacial score (nSPS) is 22.1. The fourth-order valence-electron chi connectivity index (χ4n) is 0.825. The molecule has 1 heterocycles. The summed E-state index contributed by atoms with van der Waals surface area (Å²) in [7, 11) is 0. The highest BCUT2D eigenvalue weighted by Crippen LogP contribution is 2.16. The van der Waals surface area contributed by atoms with Gasteiger partial charge in [-0.15, -0.1) is 0 Å². The van der Waals surface area contributed by atoms with Crippen molar-refractivity contribution in [2.24, 2.45) is 0 Å². The van der Waals surface area contributed by atoms with Crippen molar-refractivity contribution in [3.8, 4) is 0 Å². The summed E-state index contributed by atoms with van der Waals surface area (Å²) in [6.07, 6.45) is -5.65. The fraction of sp³-hybridized carbons (Fsp3) is 0.500. The first-order chi connectivity index (χ1) is 6.30. The lowest BCUT2D eigenvalue weighted by atomic mass is 10.2. The maximum atomic E-state index is 11.7. The van der Waals surface area contributed by atoms with Crippen LogP contribution in [0.3, 0.4) is 0 Å². The zero-order valence-electron chi connectivity index (χ0n) is 6.55. The molecule has 1 saturated heterocycles. The van der Waals surface area contributed by atoms with Crippen LogP contribution in [0.2, 0.25) is 0 Å². The molecule has 1 rings (SSSR count). The number of rotatable bonds is 1. The molecule has 14 heavy (non-hydrogen) atoms. The molecule has 78 valence electrons. The minimum Gasteiger partial charge on any atom is -0.392 e. The van der Waals surface area contributed by atoms with Crippen molar-refractivity contribution in [2.75, 3.05) is 0 Å². The second-order valence-corrected chi connectivity index (χ2v) is 2.52. The Bertz CT molecular complexity index is 298. The molecule has 0 aromatic carbocycles. The summed E-state index contributed by atoms with van der Waals surface area (Å²) < 4.78 is 39.0. The van der Waals surface area contributed by atoms with E-state index in [1.807, 2.05) is 0 Å². The van der Waals surface area contributed by atoms with E-state index in [0.29, 0.717) is 0 Å². The number of amides is 1. The zero-order valence-corrected chi connectivity index (χ0v) is 6.55. The molecule has 1 fully saturated rings. The number of hydrogen-bond donors (Lipinski definition) is 1. The molecule has 1 aliphatic rings.